The molecule has 2 heterocycles. The number of halogens is 2. The minimum Gasteiger partial charge on any atom is -0.477 e. The van der Waals surface area contributed by atoms with Gasteiger partial charge in [0.05, 0.1) is 17.4 Å². The van der Waals surface area contributed by atoms with Crippen molar-refractivity contribution in [3.63, 3.8) is 0 Å². The number of aromatic nitrogens is 1. The monoisotopic (exact) mass is 463 g/mol. The number of fused-ring (bicyclic) bond motifs is 1. The average Bonchev–Trinajstić information content (AvgIpc) is 3.50. The second-order valence-electron chi connectivity index (χ2n) is 9.15. The van der Waals surface area contributed by atoms with Crippen LogP contribution in [0.4, 0.5) is 14.5 Å². The number of pyridine rings is 1. The lowest BCUT2D eigenvalue weighted by atomic mass is 10.0. The number of carbonyl (C=O) groups excluding carboxylic acids is 1. The van der Waals surface area contributed by atoms with Crippen LogP contribution in [0, 0.1) is 11.6 Å². The summed E-state index contributed by atoms with van der Waals surface area (Å²) >= 11 is 0. The highest BCUT2D eigenvalue weighted by atomic mass is 19.1. The Bertz CT molecular complexity index is 1190. The lowest BCUT2D eigenvalue weighted by Gasteiger charge is -2.32. The van der Waals surface area contributed by atoms with E-state index in [1.165, 1.54) is 9.47 Å². The molecule has 1 aliphatic heterocycles. The number of rotatable bonds is 7. The zero-order chi connectivity index (χ0) is 24.1. The summed E-state index contributed by atoms with van der Waals surface area (Å²) in [4.78, 5) is 39.6. The van der Waals surface area contributed by atoms with E-state index in [0.717, 1.165) is 12.3 Å². The predicted octanol–water partition coefficient (Wildman–Crippen LogP) is 2.78. The van der Waals surface area contributed by atoms with Gasteiger partial charge in [-0.15, -0.1) is 0 Å². The summed E-state index contributed by atoms with van der Waals surface area (Å²) < 4.78 is 38.3. The van der Waals surface area contributed by atoms with E-state index in [-0.39, 0.29) is 48.1 Å². The van der Waals surface area contributed by atoms with Gasteiger partial charge in [-0.05, 0) is 33.0 Å². The molecule has 33 heavy (non-hydrogen) atoms. The molecule has 1 unspecified atom stereocenters. The maximum absolute atomic E-state index is 15.9. The number of hydrogen-bond donors (Lipinski definition) is 1. The van der Waals surface area contributed by atoms with E-state index >= 15 is 8.78 Å². The van der Waals surface area contributed by atoms with Crippen LogP contribution in [0.2, 0.25) is 0 Å². The van der Waals surface area contributed by atoms with Gasteiger partial charge in [0.2, 0.25) is 5.43 Å². The van der Waals surface area contributed by atoms with Crippen molar-refractivity contribution in [2.24, 2.45) is 0 Å². The van der Waals surface area contributed by atoms with Gasteiger partial charge in [-0.1, -0.05) is 6.92 Å². The quantitative estimate of drug-likeness (QED) is 0.632. The molecule has 0 amide bonds. The van der Waals surface area contributed by atoms with Gasteiger partial charge in [0.25, 0.3) is 0 Å². The normalized spacial score (nSPS) is 20.6. The highest BCUT2D eigenvalue weighted by molar-refractivity contribution is 5.94. The summed E-state index contributed by atoms with van der Waals surface area (Å²) in [6.07, 6.45) is 3.16. The molecule has 4 rings (SSSR count). The molecule has 0 radical (unpaired) electrons. The number of esters is 1. The van der Waals surface area contributed by atoms with Crippen molar-refractivity contribution in [1.29, 1.82) is 0 Å². The van der Waals surface area contributed by atoms with Crippen molar-refractivity contribution < 1.29 is 28.2 Å². The van der Waals surface area contributed by atoms with E-state index in [4.69, 9.17) is 4.74 Å². The van der Waals surface area contributed by atoms with Crippen molar-refractivity contribution >= 4 is 28.5 Å². The maximum atomic E-state index is 15.9. The van der Waals surface area contributed by atoms with Crippen LogP contribution in [0.25, 0.3) is 10.9 Å². The summed E-state index contributed by atoms with van der Waals surface area (Å²) in [5.41, 5.74) is -2.75. The van der Waals surface area contributed by atoms with Gasteiger partial charge in [0.15, 0.2) is 5.82 Å². The Kier molecular flexibility index (Phi) is 5.90. The smallest absolute Gasteiger partial charge is 0.341 e. The minimum atomic E-state index is -1.44. The molecule has 1 aromatic heterocycles. The van der Waals surface area contributed by atoms with Gasteiger partial charge in [-0.25, -0.2) is 13.6 Å². The van der Waals surface area contributed by atoms with Crippen LogP contribution < -0.4 is 10.3 Å². The van der Waals surface area contributed by atoms with Crippen molar-refractivity contribution in [2.75, 3.05) is 38.6 Å². The molecule has 0 bridgehead atoms. The first kappa shape index (κ1) is 23.2. The lowest BCUT2D eigenvalue weighted by molar-refractivity contribution is -0.158. The fraction of sp³-hybridized carbons (Fsp3) is 0.522. The molecule has 10 heteroatoms. The van der Waals surface area contributed by atoms with Crippen LogP contribution in [-0.4, -0.2) is 65.8 Å². The standard InChI is InChI=1S/C23H27F2N3O5/c1-4-17(29)33-23(11-26(2)3)7-8-27(12-23)20-16(24)9-14-19(18(20)25)28(13-5-6-13)10-15(21(14)30)22(31)32/h9-10,13H,4-8,11-12H2,1-3H3,(H,31,32). The van der Waals surface area contributed by atoms with E-state index in [1.807, 2.05) is 19.0 Å². The molecule has 1 saturated carbocycles. The van der Waals surface area contributed by atoms with Crippen LogP contribution in [0.5, 0.6) is 0 Å². The summed E-state index contributed by atoms with van der Waals surface area (Å²) in [6, 6.07) is 0.779. The van der Waals surface area contributed by atoms with Crippen LogP contribution in [0.1, 0.15) is 49.0 Å². The van der Waals surface area contributed by atoms with Crippen LogP contribution in [-0.2, 0) is 9.53 Å². The molecule has 0 spiro atoms. The Labute approximate surface area is 189 Å². The number of carboxylic acid groups (broad SMARTS) is 1. The largest absolute Gasteiger partial charge is 0.477 e. The van der Waals surface area contributed by atoms with E-state index in [1.54, 1.807) is 6.92 Å². The highest BCUT2D eigenvalue weighted by Crippen LogP contribution is 2.41. The number of ether oxygens (including phenoxy) is 1. The second-order valence-corrected chi connectivity index (χ2v) is 9.15. The number of hydrogen-bond acceptors (Lipinski definition) is 6. The average molecular weight is 463 g/mol. The molecule has 1 N–H and O–H groups in total. The third kappa shape index (κ3) is 4.19. The van der Waals surface area contributed by atoms with Gasteiger partial charge >= 0.3 is 11.9 Å². The Morgan fingerprint density at radius 3 is 2.58 bits per heavy atom. The number of nitrogens with zero attached hydrogens (tertiary/aromatic N) is 3. The Morgan fingerprint density at radius 1 is 1.30 bits per heavy atom. The first-order chi connectivity index (χ1) is 15.6. The van der Waals surface area contributed by atoms with Gasteiger partial charge in [0.1, 0.15) is 22.7 Å². The molecular weight excluding hydrogens is 436 g/mol. The Morgan fingerprint density at radius 2 is 2.00 bits per heavy atom. The first-order valence-corrected chi connectivity index (χ1v) is 11.0. The van der Waals surface area contributed by atoms with Crippen molar-refractivity contribution in [1.82, 2.24) is 9.47 Å². The molecule has 2 aliphatic rings. The second kappa shape index (κ2) is 8.40. The zero-order valence-corrected chi connectivity index (χ0v) is 18.9. The molecule has 1 atom stereocenters. The van der Waals surface area contributed by atoms with Crippen molar-refractivity contribution in [3.8, 4) is 0 Å². The number of aromatic carboxylic acids is 1. The third-order valence-electron chi connectivity index (χ3n) is 6.21. The molecule has 2 fully saturated rings. The minimum absolute atomic E-state index is 0.0944. The lowest BCUT2D eigenvalue weighted by Crippen LogP contribution is -2.46. The SMILES string of the molecule is CCC(=O)OC1(CN(C)C)CCN(c2c(F)cc3c(=O)c(C(=O)O)cn(C4CC4)c3c2F)C1. The molecule has 1 aromatic carbocycles. The number of carbonyl (C=O) groups is 2. The number of benzene rings is 1. The number of anilines is 1. The van der Waals surface area contributed by atoms with Crippen LogP contribution >= 0.6 is 0 Å². The van der Waals surface area contributed by atoms with E-state index < -0.39 is 34.2 Å². The van der Waals surface area contributed by atoms with E-state index in [9.17, 15) is 19.5 Å². The highest BCUT2D eigenvalue weighted by Gasteiger charge is 2.44. The van der Waals surface area contributed by atoms with Gasteiger partial charge in [-0.2, -0.15) is 0 Å². The summed E-state index contributed by atoms with van der Waals surface area (Å²) in [5.74, 6) is -3.69. The van der Waals surface area contributed by atoms with Crippen LogP contribution in [0.15, 0.2) is 17.1 Å². The summed E-state index contributed by atoms with van der Waals surface area (Å²) in [6.45, 7) is 2.42. The first-order valence-electron chi connectivity index (χ1n) is 11.0. The molecule has 178 valence electrons. The van der Waals surface area contributed by atoms with Gasteiger partial charge < -0.3 is 24.2 Å². The van der Waals surface area contributed by atoms with Crippen molar-refractivity contribution in [2.45, 2.75) is 44.2 Å². The topological polar surface area (TPSA) is 92.1 Å². The fourth-order valence-electron chi connectivity index (χ4n) is 4.68. The molecule has 2 aromatic rings. The van der Waals surface area contributed by atoms with Gasteiger partial charge in [0, 0.05) is 38.2 Å². The van der Waals surface area contributed by atoms with Gasteiger partial charge in [-0.3, -0.25) is 9.59 Å². The Balaban J connectivity index is 1.83. The molecule has 8 nitrogen and oxygen atoms in total. The van der Waals surface area contributed by atoms with E-state index in [0.29, 0.717) is 25.8 Å². The maximum Gasteiger partial charge on any atom is 0.341 e. The molecular formula is C23H27F2N3O5. The summed E-state index contributed by atoms with van der Waals surface area (Å²) in [7, 11) is 3.66. The number of likely N-dealkylation sites (N-methyl/N-ethyl adjacent to an activating group) is 1. The third-order valence-corrected chi connectivity index (χ3v) is 6.21. The predicted molar refractivity (Wildman–Crippen MR) is 118 cm³/mol. The molecule has 1 saturated heterocycles. The zero-order valence-electron chi connectivity index (χ0n) is 18.9. The number of carboxylic acids is 1. The fourth-order valence-corrected chi connectivity index (χ4v) is 4.68. The summed E-state index contributed by atoms with van der Waals surface area (Å²) in [5, 5.41) is 9.09. The van der Waals surface area contributed by atoms with Crippen LogP contribution in [0.3, 0.4) is 0 Å². The Hall–Kier alpha value is -3.01. The van der Waals surface area contributed by atoms with E-state index in [2.05, 4.69) is 0 Å². The van der Waals surface area contributed by atoms with Crippen molar-refractivity contribution in [3.05, 3.63) is 39.7 Å². The molecule has 1 aliphatic carbocycles.